The lowest BCUT2D eigenvalue weighted by Gasteiger charge is -2.02. The van der Waals surface area contributed by atoms with Crippen molar-refractivity contribution in [2.45, 2.75) is 18.7 Å². The highest BCUT2D eigenvalue weighted by Crippen LogP contribution is 2.33. The minimum absolute atomic E-state index is 0.127. The van der Waals surface area contributed by atoms with E-state index in [4.69, 9.17) is 0 Å². The van der Waals surface area contributed by atoms with Crippen LogP contribution in [0.1, 0.15) is 29.8 Å². The Morgan fingerprint density at radius 3 is 2.53 bits per heavy atom. The molecule has 4 heteroatoms. The van der Waals surface area contributed by atoms with Crippen molar-refractivity contribution in [3.05, 3.63) is 34.7 Å². The van der Waals surface area contributed by atoms with Crippen LogP contribution in [0.15, 0.2) is 28.5 Å². The van der Waals surface area contributed by atoms with Crippen LogP contribution in [0.2, 0.25) is 0 Å². The van der Waals surface area contributed by atoms with E-state index in [1.54, 1.807) is 19.1 Å². The molecular weight excluding hydrogens is 212 g/mol. The quantitative estimate of drug-likeness (QED) is 0.683. The van der Waals surface area contributed by atoms with Crippen LogP contribution >= 0.6 is 0 Å². The fourth-order valence-electron chi connectivity index (χ4n) is 1.66. The first-order valence-electron chi connectivity index (χ1n) is 4.50. The van der Waals surface area contributed by atoms with Gasteiger partial charge in [-0.15, -0.1) is 0 Å². The van der Waals surface area contributed by atoms with Gasteiger partial charge in [0.1, 0.15) is 0 Å². The molecule has 1 aliphatic heterocycles. The summed E-state index contributed by atoms with van der Waals surface area (Å²) in [4.78, 5) is 11.4. The number of benzene rings is 1. The molecule has 0 fully saturated rings. The third kappa shape index (κ3) is 1.51. The van der Waals surface area contributed by atoms with Crippen molar-refractivity contribution in [1.82, 2.24) is 0 Å². The van der Waals surface area contributed by atoms with Crippen molar-refractivity contribution >= 4 is 21.2 Å². The topological polar surface area (TPSA) is 51.2 Å². The molecule has 1 aliphatic rings. The molecule has 3 nitrogen and oxygen atoms in total. The van der Waals surface area contributed by atoms with Crippen molar-refractivity contribution in [3.63, 3.8) is 0 Å². The van der Waals surface area contributed by atoms with Gasteiger partial charge in [-0.3, -0.25) is 4.79 Å². The predicted molar refractivity (Wildman–Crippen MR) is 57.3 cm³/mol. The molecule has 1 heterocycles. The molecule has 0 saturated carbocycles. The standard InChI is InChI=1S/C11H10O3S/c1-7-6-15(13,14)11-5-9(8(2)12)3-4-10(7)11/h3-6H,1-2H3. The molecule has 15 heavy (non-hydrogen) atoms. The lowest BCUT2D eigenvalue weighted by Crippen LogP contribution is -1.98. The van der Waals surface area contributed by atoms with Crippen LogP contribution in [0.3, 0.4) is 0 Å². The molecule has 0 bridgehead atoms. The number of hydrogen-bond donors (Lipinski definition) is 0. The van der Waals surface area contributed by atoms with Crippen LogP contribution in [-0.2, 0) is 9.84 Å². The zero-order valence-electron chi connectivity index (χ0n) is 8.44. The van der Waals surface area contributed by atoms with Gasteiger partial charge in [0.25, 0.3) is 0 Å². The van der Waals surface area contributed by atoms with Gasteiger partial charge in [-0.1, -0.05) is 12.1 Å². The van der Waals surface area contributed by atoms with Gasteiger partial charge >= 0.3 is 0 Å². The summed E-state index contributed by atoms with van der Waals surface area (Å²) in [6.07, 6.45) is 0. The first-order chi connectivity index (χ1) is 6.92. The smallest absolute Gasteiger partial charge is 0.200 e. The lowest BCUT2D eigenvalue weighted by molar-refractivity contribution is 0.101. The van der Waals surface area contributed by atoms with Gasteiger partial charge in [0, 0.05) is 11.0 Å². The summed E-state index contributed by atoms with van der Waals surface area (Å²) in [5.41, 5.74) is 1.85. The highest BCUT2D eigenvalue weighted by Gasteiger charge is 2.25. The lowest BCUT2D eigenvalue weighted by atomic mass is 10.1. The van der Waals surface area contributed by atoms with Crippen LogP contribution in [0.5, 0.6) is 0 Å². The van der Waals surface area contributed by atoms with E-state index in [0.717, 1.165) is 5.57 Å². The average molecular weight is 222 g/mol. The Kier molecular flexibility index (Phi) is 2.04. The number of Topliss-reactive ketones (excluding diaryl/α,β-unsaturated/α-hetero) is 1. The molecule has 0 atom stereocenters. The van der Waals surface area contributed by atoms with E-state index in [-0.39, 0.29) is 10.7 Å². The molecule has 2 rings (SSSR count). The number of fused-ring (bicyclic) bond motifs is 1. The van der Waals surface area contributed by atoms with Gasteiger partial charge in [0.05, 0.1) is 4.90 Å². The third-order valence-corrected chi connectivity index (χ3v) is 4.07. The van der Waals surface area contributed by atoms with Crippen LogP contribution in [0.25, 0.3) is 5.57 Å². The third-order valence-electron chi connectivity index (χ3n) is 2.45. The van der Waals surface area contributed by atoms with Crippen LogP contribution < -0.4 is 0 Å². The van der Waals surface area contributed by atoms with E-state index < -0.39 is 9.84 Å². The SMILES string of the molecule is CC(=O)c1ccc2c(c1)S(=O)(=O)C=C2C. The molecule has 0 aromatic heterocycles. The Labute approximate surface area is 88.3 Å². The van der Waals surface area contributed by atoms with Gasteiger partial charge in [-0.05, 0) is 31.1 Å². The van der Waals surface area contributed by atoms with E-state index >= 15 is 0 Å². The summed E-state index contributed by atoms with van der Waals surface area (Å²) in [5, 5.41) is 1.24. The van der Waals surface area contributed by atoms with Crippen LogP contribution in [-0.4, -0.2) is 14.2 Å². The monoisotopic (exact) mass is 222 g/mol. The molecule has 0 N–H and O–H groups in total. The maximum Gasteiger partial charge on any atom is 0.200 e. The molecule has 0 radical (unpaired) electrons. The van der Waals surface area contributed by atoms with Crippen molar-refractivity contribution in [2.24, 2.45) is 0 Å². The Bertz CT molecular complexity index is 580. The fraction of sp³-hybridized carbons (Fsp3) is 0.182. The van der Waals surface area contributed by atoms with Crippen LogP contribution in [0.4, 0.5) is 0 Å². The molecule has 0 aliphatic carbocycles. The number of carbonyl (C=O) groups excluding carboxylic acids is 1. The Balaban J connectivity index is 2.73. The summed E-state index contributed by atoms with van der Waals surface area (Å²) in [5.74, 6) is -0.127. The van der Waals surface area contributed by atoms with Gasteiger partial charge in [0.15, 0.2) is 5.78 Å². The fourth-order valence-corrected chi connectivity index (χ4v) is 3.21. The second kappa shape index (κ2) is 3.03. The van der Waals surface area contributed by atoms with E-state index in [2.05, 4.69) is 0 Å². The minimum Gasteiger partial charge on any atom is -0.295 e. The number of carbonyl (C=O) groups is 1. The highest BCUT2D eigenvalue weighted by molar-refractivity contribution is 7.95. The summed E-state index contributed by atoms with van der Waals surface area (Å²) in [6, 6.07) is 4.78. The summed E-state index contributed by atoms with van der Waals surface area (Å²) < 4.78 is 23.3. The van der Waals surface area contributed by atoms with Crippen molar-refractivity contribution in [3.8, 4) is 0 Å². The maximum atomic E-state index is 11.7. The summed E-state index contributed by atoms with van der Waals surface area (Å²) in [6.45, 7) is 3.17. The Hall–Kier alpha value is -1.42. The summed E-state index contributed by atoms with van der Waals surface area (Å²) in [7, 11) is -3.33. The summed E-state index contributed by atoms with van der Waals surface area (Å²) >= 11 is 0. The van der Waals surface area contributed by atoms with Crippen molar-refractivity contribution in [2.75, 3.05) is 0 Å². The number of ketones is 1. The Morgan fingerprint density at radius 2 is 1.93 bits per heavy atom. The normalized spacial score (nSPS) is 17.1. The maximum absolute atomic E-state index is 11.7. The Morgan fingerprint density at radius 1 is 1.27 bits per heavy atom. The van der Waals surface area contributed by atoms with E-state index in [1.807, 2.05) is 0 Å². The van der Waals surface area contributed by atoms with E-state index in [9.17, 15) is 13.2 Å². The van der Waals surface area contributed by atoms with Gasteiger partial charge < -0.3 is 0 Å². The number of sulfone groups is 1. The van der Waals surface area contributed by atoms with E-state index in [0.29, 0.717) is 11.1 Å². The molecule has 1 aromatic carbocycles. The molecule has 78 valence electrons. The van der Waals surface area contributed by atoms with Gasteiger partial charge in [-0.2, -0.15) is 0 Å². The molecule has 0 unspecified atom stereocenters. The first-order valence-corrected chi connectivity index (χ1v) is 6.05. The average Bonchev–Trinajstić information content (AvgIpc) is 2.37. The molecule has 0 saturated heterocycles. The zero-order chi connectivity index (χ0) is 11.2. The molecular formula is C11H10O3S. The number of rotatable bonds is 1. The van der Waals surface area contributed by atoms with E-state index in [1.165, 1.54) is 18.4 Å². The molecule has 0 spiro atoms. The van der Waals surface area contributed by atoms with Gasteiger partial charge in [-0.25, -0.2) is 8.42 Å². The highest BCUT2D eigenvalue weighted by atomic mass is 32.2. The van der Waals surface area contributed by atoms with Gasteiger partial charge in [0.2, 0.25) is 9.84 Å². The van der Waals surface area contributed by atoms with Crippen LogP contribution in [0, 0.1) is 0 Å². The van der Waals surface area contributed by atoms with Crippen molar-refractivity contribution < 1.29 is 13.2 Å². The van der Waals surface area contributed by atoms with Crippen molar-refractivity contribution in [1.29, 1.82) is 0 Å². The zero-order valence-corrected chi connectivity index (χ0v) is 9.26. The molecule has 1 aromatic rings. The second-order valence-electron chi connectivity index (χ2n) is 3.61. The largest absolute Gasteiger partial charge is 0.295 e. The molecule has 0 amide bonds. The first kappa shape index (κ1) is 10.1. The second-order valence-corrected chi connectivity index (χ2v) is 5.38. The number of hydrogen-bond acceptors (Lipinski definition) is 3. The predicted octanol–water partition coefficient (Wildman–Crippen LogP) is 2.04. The minimum atomic E-state index is -3.33. The number of allylic oxidation sites excluding steroid dienone is 1.